The van der Waals surface area contributed by atoms with Gasteiger partial charge < -0.3 is 11.1 Å². The molecule has 2 rings (SSSR count). The number of hydrogen-bond acceptors (Lipinski definition) is 2. The van der Waals surface area contributed by atoms with Crippen molar-refractivity contribution in [3.63, 3.8) is 0 Å². The third kappa shape index (κ3) is 1.40. The quantitative estimate of drug-likeness (QED) is 0.726. The summed E-state index contributed by atoms with van der Waals surface area (Å²) < 4.78 is 13.4. The van der Waals surface area contributed by atoms with Gasteiger partial charge in [0.25, 0.3) is 0 Å². The first-order chi connectivity index (χ1) is 6.33. The zero-order valence-corrected chi connectivity index (χ0v) is 7.39. The average molecular weight is 180 g/mol. The van der Waals surface area contributed by atoms with E-state index in [1.807, 2.05) is 6.07 Å². The summed E-state index contributed by atoms with van der Waals surface area (Å²) in [5, 5.41) is 3.18. The maximum absolute atomic E-state index is 13.4. The third-order valence-electron chi connectivity index (χ3n) is 2.52. The van der Waals surface area contributed by atoms with Crippen LogP contribution < -0.4 is 11.1 Å². The van der Waals surface area contributed by atoms with Gasteiger partial charge in [-0.3, -0.25) is 0 Å². The van der Waals surface area contributed by atoms with Gasteiger partial charge in [0.15, 0.2) is 0 Å². The monoisotopic (exact) mass is 180 g/mol. The molecular formula is C10H13FN2. The molecule has 0 aliphatic carbocycles. The zero-order chi connectivity index (χ0) is 9.26. The largest absolute Gasteiger partial charge is 0.384 e. The van der Waals surface area contributed by atoms with Crippen molar-refractivity contribution in [2.45, 2.75) is 12.3 Å². The predicted octanol–water partition coefficient (Wildman–Crippen LogP) is 1.68. The number of nitrogens with one attached hydrogen (secondary N) is 1. The Morgan fingerprint density at radius 2 is 2.38 bits per heavy atom. The molecule has 0 saturated heterocycles. The van der Waals surface area contributed by atoms with E-state index in [0.717, 1.165) is 24.2 Å². The van der Waals surface area contributed by atoms with E-state index in [0.29, 0.717) is 6.54 Å². The molecule has 2 nitrogen and oxygen atoms in total. The number of anilines is 1. The smallest absolute Gasteiger partial charge is 0.128 e. The van der Waals surface area contributed by atoms with Crippen LogP contribution in [-0.2, 0) is 0 Å². The minimum absolute atomic E-state index is 0.110. The molecule has 0 amide bonds. The van der Waals surface area contributed by atoms with Crippen LogP contribution in [0.4, 0.5) is 10.1 Å². The number of nitrogens with two attached hydrogens (primary N) is 1. The third-order valence-corrected chi connectivity index (χ3v) is 2.52. The van der Waals surface area contributed by atoms with Crippen LogP contribution in [0.25, 0.3) is 0 Å². The lowest BCUT2D eigenvalue weighted by molar-refractivity contribution is 0.582. The summed E-state index contributed by atoms with van der Waals surface area (Å²) >= 11 is 0. The Morgan fingerprint density at radius 1 is 1.54 bits per heavy atom. The van der Waals surface area contributed by atoms with Crippen molar-refractivity contribution < 1.29 is 4.39 Å². The minimum Gasteiger partial charge on any atom is -0.384 e. The maximum Gasteiger partial charge on any atom is 0.128 e. The number of rotatable bonds is 2. The summed E-state index contributed by atoms with van der Waals surface area (Å²) in [7, 11) is 0. The predicted molar refractivity (Wildman–Crippen MR) is 51.3 cm³/mol. The molecule has 0 fully saturated rings. The lowest BCUT2D eigenvalue weighted by Crippen LogP contribution is -2.09. The van der Waals surface area contributed by atoms with Crippen molar-refractivity contribution in [2.75, 3.05) is 18.4 Å². The second-order valence-electron chi connectivity index (χ2n) is 3.36. The van der Waals surface area contributed by atoms with E-state index >= 15 is 0 Å². The highest BCUT2D eigenvalue weighted by Crippen LogP contribution is 2.34. The van der Waals surface area contributed by atoms with E-state index in [1.54, 1.807) is 6.07 Å². The summed E-state index contributed by atoms with van der Waals surface area (Å²) in [6.07, 6.45) is 0.848. The van der Waals surface area contributed by atoms with Crippen LogP contribution in [0.2, 0.25) is 0 Å². The number of fused-ring (bicyclic) bond motifs is 1. The molecule has 0 spiro atoms. The van der Waals surface area contributed by atoms with Gasteiger partial charge in [-0.05, 0) is 25.1 Å². The fourth-order valence-electron chi connectivity index (χ4n) is 1.89. The second kappa shape index (κ2) is 3.34. The molecule has 1 aliphatic heterocycles. The Labute approximate surface area is 76.9 Å². The normalized spacial score (nSPS) is 19.7. The van der Waals surface area contributed by atoms with Crippen molar-refractivity contribution >= 4 is 5.69 Å². The molecule has 0 aromatic heterocycles. The molecule has 1 aliphatic rings. The van der Waals surface area contributed by atoms with E-state index in [2.05, 4.69) is 5.32 Å². The summed E-state index contributed by atoms with van der Waals surface area (Å²) in [6.45, 7) is 1.42. The van der Waals surface area contributed by atoms with Crippen molar-refractivity contribution in [2.24, 2.45) is 5.73 Å². The van der Waals surface area contributed by atoms with E-state index in [-0.39, 0.29) is 11.7 Å². The van der Waals surface area contributed by atoms with E-state index < -0.39 is 0 Å². The van der Waals surface area contributed by atoms with E-state index in [4.69, 9.17) is 5.73 Å². The zero-order valence-electron chi connectivity index (χ0n) is 7.39. The summed E-state index contributed by atoms with van der Waals surface area (Å²) in [5.41, 5.74) is 7.21. The molecule has 0 saturated carbocycles. The Balaban J connectivity index is 2.34. The fraction of sp³-hybridized carbons (Fsp3) is 0.400. The van der Waals surface area contributed by atoms with Gasteiger partial charge in [0, 0.05) is 23.7 Å². The maximum atomic E-state index is 13.4. The van der Waals surface area contributed by atoms with Gasteiger partial charge in [0.2, 0.25) is 0 Å². The molecule has 3 heteroatoms. The summed E-state index contributed by atoms with van der Waals surface area (Å²) in [4.78, 5) is 0. The highest BCUT2D eigenvalue weighted by Gasteiger charge is 2.24. The Bertz CT molecular complexity index is 310. The molecule has 13 heavy (non-hydrogen) atoms. The van der Waals surface area contributed by atoms with Gasteiger partial charge in [0.1, 0.15) is 5.82 Å². The number of halogens is 1. The topological polar surface area (TPSA) is 38.0 Å². The molecule has 3 N–H and O–H groups in total. The molecular weight excluding hydrogens is 167 g/mol. The van der Waals surface area contributed by atoms with Gasteiger partial charge in [-0.1, -0.05) is 6.07 Å². The lowest BCUT2D eigenvalue weighted by Gasteiger charge is -2.08. The van der Waals surface area contributed by atoms with Crippen molar-refractivity contribution in [1.29, 1.82) is 0 Å². The second-order valence-corrected chi connectivity index (χ2v) is 3.36. The molecule has 1 unspecified atom stereocenters. The first-order valence-corrected chi connectivity index (χ1v) is 4.55. The number of hydrogen-bond donors (Lipinski definition) is 2. The standard InChI is InChI=1S/C10H13FN2/c11-8-2-1-3-9-10(8)7(4-5-12)6-13-9/h1-3,7,13H,4-6,12H2. The van der Waals surface area contributed by atoms with E-state index in [9.17, 15) is 4.39 Å². The SMILES string of the molecule is NCCC1CNc2cccc(F)c21. The molecule has 1 atom stereocenters. The first kappa shape index (κ1) is 8.51. The first-order valence-electron chi connectivity index (χ1n) is 4.55. The molecule has 0 radical (unpaired) electrons. The molecule has 1 aromatic carbocycles. The minimum atomic E-state index is -0.110. The summed E-state index contributed by atoms with van der Waals surface area (Å²) in [6, 6.07) is 5.15. The Kier molecular flexibility index (Phi) is 2.19. The van der Waals surface area contributed by atoms with Gasteiger partial charge in [-0.15, -0.1) is 0 Å². The van der Waals surface area contributed by atoms with Crippen LogP contribution in [0.3, 0.4) is 0 Å². The highest BCUT2D eigenvalue weighted by atomic mass is 19.1. The van der Waals surface area contributed by atoms with Crippen LogP contribution >= 0.6 is 0 Å². The van der Waals surface area contributed by atoms with Crippen LogP contribution in [-0.4, -0.2) is 13.1 Å². The van der Waals surface area contributed by atoms with Crippen LogP contribution in [0.5, 0.6) is 0 Å². The van der Waals surface area contributed by atoms with Gasteiger partial charge >= 0.3 is 0 Å². The van der Waals surface area contributed by atoms with Crippen LogP contribution in [0, 0.1) is 5.82 Å². The van der Waals surface area contributed by atoms with Crippen molar-refractivity contribution in [1.82, 2.24) is 0 Å². The van der Waals surface area contributed by atoms with Gasteiger partial charge in [0.05, 0.1) is 0 Å². The fourth-order valence-corrected chi connectivity index (χ4v) is 1.89. The van der Waals surface area contributed by atoms with Crippen molar-refractivity contribution in [3.05, 3.63) is 29.6 Å². The molecule has 1 aromatic rings. The summed E-state index contributed by atoms with van der Waals surface area (Å²) in [5.74, 6) is 0.141. The number of benzene rings is 1. The Morgan fingerprint density at radius 3 is 3.15 bits per heavy atom. The average Bonchev–Trinajstić information content (AvgIpc) is 2.51. The lowest BCUT2D eigenvalue weighted by atomic mass is 9.97. The van der Waals surface area contributed by atoms with E-state index in [1.165, 1.54) is 6.07 Å². The van der Waals surface area contributed by atoms with Crippen LogP contribution in [0.15, 0.2) is 18.2 Å². The van der Waals surface area contributed by atoms with Crippen LogP contribution in [0.1, 0.15) is 17.9 Å². The van der Waals surface area contributed by atoms with Gasteiger partial charge in [-0.25, -0.2) is 4.39 Å². The molecule has 1 heterocycles. The molecule has 0 bridgehead atoms. The highest BCUT2D eigenvalue weighted by molar-refractivity contribution is 5.58. The van der Waals surface area contributed by atoms with Gasteiger partial charge in [-0.2, -0.15) is 0 Å². The Hall–Kier alpha value is -1.09. The molecule has 70 valence electrons. The van der Waals surface area contributed by atoms with Crippen molar-refractivity contribution in [3.8, 4) is 0 Å².